The molecule has 0 atom stereocenters. The number of hydrogen-bond acceptors (Lipinski definition) is 5. The van der Waals surface area contributed by atoms with Gasteiger partial charge in [-0.05, 0) is 91.4 Å². The summed E-state index contributed by atoms with van der Waals surface area (Å²) in [6.07, 6.45) is 3.80. The van der Waals surface area contributed by atoms with Crippen LogP contribution in [-0.4, -0.2) is 24.9 Å². The molecule has 0 N–H and O–H groups in total. The van der Waals surface area contributed by atoms with E-state index in [-0.39, 0.29) is 0 Å². The van der Waals surface area contributed by atoms with E-state index in [1.54, 1.807) is 0 Å². The van der Waals surface area contributed by atoms with E-state index in [0.717, 1.165) is 60.8 Å². The molecule has 292 valence electrons. The normalized spacial score (nSPS) is 12.9. The molecule has 0 unspecified atom stereocenters. The van der Waals surface area contributed by atoms with E-state index in [4.69, 9.17) is 19.9 Å². The number of para-hydroxylation sites is 1. The standard InChI is InChI=1S/C58H35N5/c1-3-16-36(17-4-1)55-61-56(37-18-5-2-6-19-37)63-57(62-55)40-33-38(32-39(34-40)54-47-35-59-31-30-42(47)45-22-10-14-29-52(45)60-54)41-24-15-28-51-53(41)46-23-9-13-27-50(46)58(51)48-25-11-7-20-43(48)44-21-8-12-26-49(44)58/h1-35H. The van der Waals surface area contributed by atoms with Gasteiger partial charge < -0.3 is 0 Å². The second-order valence-electron chi connectivity index (χ2n) is 16.4. The molecule has 0 saturated heterocycles. The van der Waals surface area contributed by atoms with Gasteiger partial charge in [-0.1, -0.05) is 170 Å². The molecule has 0 fully saturated rings. The minimum Gasteiger partial charge on any atom is -0.264 e. The molecule has 5 nitrogen and oxygen atoms in total. The molecule has 2 aliphatic rings. The summed E-state index contributed by atoms with van der Waals surface area (Å²) in [6.45, 7) is 0. The van der Waals surface area contributed by atoms with E-state index >= 15 is 0 Å². The lowest BCUT2D eigenvalue weighted by Gasteiger charge is -2.30. The summed E-state index contributed by atoms with van der Waals surface area (Å²) >= 11 is 0. The highest BCUT2D eigenvalue weighted by Gasteiger charge is 2.52. The van der Waals surface area contributed by atoms with E-state index in [9.17, 15) is 0 Å². The van der Waals surface area contributed by atoms with Crippen molar-refractivity contribution >= 4 is 21.7 Å². The average molecular weight is 802 g/mol. The summed E-state index contributed by atoms with van der Waals surface area (Å²) in [7, 11) is 0. The molecule has 3 heterocycles. The topological polar surface area (TPSA) is 64.5 Å². The zero-order valence-corrected chi connectivity index (χ0v) is 33.9. The quantitative estimate of drug-likeness (QED) is 0.162. The summed E-state index contributed by atoms with van der Waals surface area (Å²) in [5.41, 5.74) is 17.4. The van der Waals surface area contributed by atoms with E-state index in [1.807, 2.05) is 73.1 Å². The van der Waals surface area contributed by atoms with Crippen molar-refractivity contribution in [1.82, 2.24) is 24.9 Å². The van der Waals surface area contributed by atoms with Crippen LogP contribution in [0.25, 0.3) is 100 Å². The molecule has 1 spiro atoms. The van der Waals surface area contributed by atoms with Gasteiger partial charge in [-0.25, -0.2) is 19.9 Å². The Morgan fingerprint density at radius 3 is 1.51 bits per heavy atom. The smallest absolute Gasteiger partial charge is 0.164 e. The van der Waals surface area contributed by atoms with Crippen molar-refractivity contribution in [1.29, 1.82) is 0 Å². The van der Waals surface area contributed by atoms with Gasteiger partial charge in [0, 0.05) is 45.4 Å². The third kappa shape index (κ3) is 5.27. The summed E-state index contributed by atoms with van der Waals surface area (Å²) in [6, 6.07) is 71.2. The first-order valence-electron chi connectivity index (χ1n) is 21.3. The van der Waals surface area contributed by atoms with E-state index in [2.05, 4.69) is 145 Å². The fraction of sp³-hybridized carbons (Fsp3) is 0.0172. The van der Waals surface area contributed by atoms with Crippen LogP contribution in [-0.2, 0) is 5.41 Å². The molecule has 63 heavy (non-hydrogen) atoms. The Kier molecular flexibility index (Phi) is 7.75. The molecule has 5 heteroatoms. The predicted molar refractivity (Wildman–Crippen MR) is 254 cm³/mol. The first kappa shape index (κ1) is 35.4. The zero-order valence-electron chi connectivity index (χ0n) is 33.9. The number of nitrogens with zero attached hydrogens (tertiary/aromatic N) is 5. The predicted octanol–water partition coefficient (Wildman–Crippen LogP) is 13.6. The maximum Gasteiger partial charge on any atom is 0.164 e. The highest BCUT2D eigenvalue weighted by Crippen LogP contribution is 2.64. The number of rotatable bonds is 5. The van der Waals surface area contributed by atoms with E-state index in [1.165, 1.54) is 44.5 Å². The molecule has 0 radical (unpaired) electrons. The molecular weight excluding hydrogens is 767 g/mol. The van der Waals surface area contributed by atoms with Crippen molar-refractivity contribution < 1.29 is 0 Å². The van der Waals surface area contributed by atoms with Gasteiger partial charge in [-0.3, -0.25) is 4.98 Å². The summed E-state index contributed by atoms with van der Waals surface area (Å²) in [5.74, 6) is 1.80. The molecule has 0 amide bonds. The third-order valence-corrected chi connectivity index (χ3v) is 13.0. The molecule has 0 saturated carbocycles. The van der Waals surface area contributed by atoms with Crippen LogP contribution in [0.15, 0.2) is 213 Å². The van der Waals surface area contributed by atoms with Crippen molar-refractivity contribution in [2.75, 3.05) is 0 Å². The highest BCUT2D eigenvalue weighted by atomic mass is 15.0. The molecule has 8 aromatic carbocycles. The maximum absolute atomic E-state index is 5.40. The molecular formula is C58H35N5. The first-order valence-corrected chi connectivity index (χ1v) is 21.3. The van der Waals surface area contributed by atoms with Gasteiger partial charge in [0.25, 0.3) is 0 Å². The molecule has 13 rings (SSSR count). The lowest BCUT2D eigenvalue weighted by atomic mass is 9.70. The molecule has 0 bridgehead atoms. The van der Waals surface area contributed by atoms with Crippen LogP contribution in [0.3, 0.4) is 0 Å². The Labute approximate surface area is 364 Å². The van der Waals surface area contributed by atoms with Crippen LogP contribution in [0, 0.1) is 0 Å². The minimum atomic E-state index is -0.472. The number of fused-ring (bicyclic) bond motifs is 13. The van der Waals surface area contributed by atoms with Gasteiger partial charge in [-0.15, -0.1) is 0 Å². The fourth-order valence-electron chi connectivity index (χ4n) is 10.4. The largest absolute Gasteiger partial charge is 0.264 e. The van der Waals surface area contributed by atoms with Gasteiger partial charge in [0.15, 0.2) is 17.5 Å². The number of benzene rings is 8. The van der Waals surface area contributed by atoms with Crippen molar-refractivity contribution in [3.05, 3.63) is 235 Å². The van der Waals surface area contributed by atoms with Crippen LogP contribution in [0.4, 0.5) is 0 Å². The lowest BCUT2D eigenvalue weighted by Crippen LogP contribution is -2.25. The molecule has 3 aromatic heterocycles. The van der Waals surface area contributed by atoms with E-state index in [0.29, 0.717) is 17.5 Å². The number of hydrogen-bond donors (Lipinski definition) is 0. The van der Waals surface area contributed by atoms with Gasteiger partial charge in [0.1, 0.15) is 0 Å². The van der Waals surface area contributed by atoms with Gasteiger partial charge in [0.2, 0.25) is 0 Å². The zero-order chi connectivity index (χ0) is 41.5. The highest BCUT2D eigenvalue weighted by molar-refractivity contribution is 6.11. The number of aromatic nitrogens is 5. The summed E-state index contributed by atoms with van der Waals surface area (Å²) in [5, 5.41) is 3.17. The first-order chi connectivity index (χ1) is 31.2. The van der Waals surface area contributed by atoms with Gasteiger partial charge >= 0.3 is 0 Å². The van der Waals surface area contributed by atoms with E-state index < -0.39 is 5.41 Å². The average Bonchev–Trinajstić information content (AvgIpc) is 3.84. The lowest BCUT2D eigenvalue weighted by molar-refractivity contribution is 0.794. The Balaban J connectivity index is 1.12. The minimum absolute atomic E-state index is 0.472. The SMILES string of the molecule is c1ccc(-c2nc(-c3ccccc3)nc(-c3cc(-c4cccc5c4-c4ccccc4C54c5ccccc5-c5ccccc54)cc(-c4nc5ccccc5c5ccncc45)c3)n2)cc1. The summed E-state index contributed by atoms with van der Waals surface area (Å²) < 4.78 is 0. The molecule has 0 aliphatic heterocycles. The number of pyridine rings is 2. The van der Waals surface area contributed by atoms with Crippen molar-refractivity contribution in [3.63, 3.8) is 0 Å². The Bertz CT molecular complexity index is 3530. The Morgan fingerprint density at radius 2 is 0.825 bits per heavy atom. The molecule has 2 aliphatic carbocycles. The Hall–Kier alpha value is -8.41. The summed E-state index contributed by atoms with van der Waals surface area (Å²) in [4.78, 5) is 25.6. The van der Waals surface area contributed by atoms with Crippen molar-refractivity contribution in [2.24, 2.45) is 0 Å². The van der Waals surface area contributed by atoms with Crippen LogP contribution < -0.4 is 0 Å². The van der Waals surface area contributed by atoms with Gasteiger partial charge in [0.05, 0.1) is 16.6 Å². The monoisotopic (exact) mass is 801 g/mol. The van der Waals surface area contributed by atoms with Crippen molar-refractivity contribution in [2.45, 2.75) is 5.41 Å². The molecule has 11 aromatic rings. The second-order valence-corrected chi connectivity index (χ2v) is 16.4. The van der Waals surface area contributed by atoms with Crippen molar-refractivity contribution in [3.8, 4) is 78.8 Å². The van der Waals surface area contributed by atoms with Crippen LogP contribution in [0.5, 0.6) is 0 Å². The van der Waals surface area contributed by atoms with Crippen LogP contribution in [0.2, 0.25) is 0 Å². The third-order valence-electron chi connectivity index (χ3n) is 13.0. The van der Waals surface area contributed by atoms with Crippen LogP contribution in [0.1, 0.15) is 22.3 Å². The maximum atomic E-state index is 5.40. The second kappa shape index (κ2) is 13.8. The van der Waals surface area contributed by atoms with Crippen LogP contribution >= 0.6 is 0 Å². The van der Waals surface area contributed by atoms with Gasteiger partial charge in [-0.2, -0.15) is 0 Å². The fourth-order valence-corrected chi connectivity index (χ4v) is 10.4. The Morgan fingerprint density at radius 1 is 0.317 bits per heavy atom.